The SMILES string of the molecule is C=C(C)CNC(=O)N[C@H]1CCCO[C@@H]1c1ccncc1. The number of urea groups is 1. The first-order valence-electron chi connectivity index (χ1n) is 6.87. The van der Waals surface area contributed by atoms with E-state index in [0.717, 1.165) is 30.6 Å². The van der Waals surface area contributed by atoms with E-state index in [1.54, 1.807) is 12.4 Å². The van der Waals surface area contributed by atoms with Crippen molar-refractivity contribution in [2.45, 2.75) is 31.9 Å². The highest BCUT2D eigenvalue weighted by molar-refractivity contribution is 5.74. The third-order valence-electron chi connectivity index (χ3n) is 3.22. The predicted octanol–water partition coefficient (Wildman–Crippen LogP) is 2.18. The molecule has 20 heavy (non-hydrogen) atoms. The summed E-state index contributed by atoms with van der Waals surface area (Å²) in [5, 5.41) is 5.77. The zero-order valence-corrected chi connectivity index (χ0v) is 11.8. The molecule has 1 fully saturated rings. The van der Waals surface area contributed by atoms with Gasteiger partial charge in [-0.25, -0.2) is 4.79 Å². The van der Waals surface area contributed by atoms with E-state index in [-0.39, 0.29) is 18.2 Å². The summed E-state index contributed by atoms with van der Waals surface area (Å²) in [7, 11) is 0. The monoisotopic (exact) mass is 275 g/mol. The van der Waals surface area contributed by atoms with E-state index in [1.165, 1.54) is 0 Å². The van der Waals surface area contributed by atoms with E-state index in [2.05, 4.69) is 22.2 Å². The number of carbonyl (C=O) groups is 1. The molecule has 5 nitrogen and oxygen atoms in total. The molecule has 0 spiro atoms. The Morgan fingerprint density at radius 1 is 1.50 bits per heavy atom. The maximum absolute atomic E-state index is 11.9. The third kappa shape index (κ3) is 4.06. The lowest BCUT2D eigenvalue weighted by molar-refractivity contribution is -0.00743. The minimum atomic E-state index is -0.178. The summed E-state index contributed by atoms with van der Waals surface area (Å²) < 4.78 is 5.82. The molecule has 1 aromatic heterocycles. The molecule has 0 radical (unpaired) electrons. The van der Waals surface area contributed by atoms with Gasteiger partial charge in [-0.05, 0) is 37.5 Å². The lowest BCUT2D eigenvalue weighted by atomic mass is 9.97. The number of hydrogen-bond acceptors (Lipinski definition) is 3. The summed E-state index contributed by atoms with van der Waals surface area (Å²) in [5.74, 6) is 0. The van der Waals surface area contributed by atoms with E-state index in [9.17, 15) is 4.79 Å². The van der Waals surface area contributed by atoms with Gasteiger partial charge in [0, 0.05) is 25.5 Å². The molecule has 0 saturated carbocycles. The summed E-state index contributed by atoms with van der Waals surface area (Å²) in [6, 6.07) is 3.66. The van der Waals surface area contributed by atoms with E-state index in [4.69, 9.17) is 4.74 Å². The number of aromatic nitrogens is 1. The van der Waals surface area contributed by atoms with E-state index < -0.39 is 0 Å². The van der Waals surface area contributed by atoms with Gasteiger partial charge in [-0.15, -0.1) is 0 Å². The highest BCUT2D eigenvalue weighted by atomic mass is 16.5. The zero-order chi connectivity index (χ0) is 14.4. The zero-order valence-electron chi connectivity index (χ0n) is 11.8. The lowest BCUT2D eigenvalue weighted by Gasteiger charge is -2.32. The molecular weight excluding hydrogens is 254 g/mol. The van der Waals surface area contributed by atoms with Crippen LogP contribution in [0.4, 0.5) is 4.79 Å². The molecule has 2 rings (SSSR count). The van der Waals surface area contributed by atoms with Crippen molar-refractivity contribution >= 4 is 6.03 Å². The summed E-state index contributed by atoms with van der Waals surface area (Å²) in [5.41, 5.74) is 1.97. The maximum atomic E-state index is 11.9. The van der Waals surface area contributed by atoms with Gasteiger partial charge in [-0.3, -0.25) is 4.98 Å². The van der Waals surface area contributed by atoms with Gasteiger partial charge in [0.05, 0.1) is 6.04 Å². The smallest absolute Gasteiger partial charge is 0.315 e. The highest BCUT2D eigenvalue weighted by Crippen LogP contribution is 2.27. The molecular formula is C15H21N3O2. The predicted molar refractivity (Wildman–Crippen MR) is 77.3 cm³/mol. The van der Waals surface area contributed by atoms with Gasteiger partial charge in [-0.1, -0.05) is 12.2 Å². The molecule has 0 unspecified atom stereocenters. The van der Waals surface area contributed by atoms with Crippen LogP contribution in [0.2, 0.25) is 0 Å². The standard InChI is InChI=1S/C15H21N3O2/c1-11(2)10-17-15(19)18-13-4-3-9-20-14(13)12-5-7-16-8-6-12/h5-8,13-14H,1,3-4,9-10H2,2H3,(H2,17,18,19)/t13-,14+/m0/s1. The van der Waals surface area contributed by atoms with Crippen LogP contribution in [0.15, 0.2) is 36.7 Å². The topological polar surface area (TPSA) is 63.2 Å². The number of pyridine rings is 1. The average Bonchev–Trinajstić information content (AvgIpc) is 2.47. The Hall–Kier alpha value is -1.88. The first-order chi connectivity index (χ1) is 9.66. The lowest BCUT2D eigenvalue weighted by Crippen LogP contribution is -2.47. The van der Waals surface area contributed by atoms with Gasteiger partial charge >= 0.3 is 6.03 Å². The second-order valence-corrected chi connectivity index (χ2v) is 5.10. The van der Waals surface area contributed by atoms with Gasteiger partial charge in [0.2, 0.25) is 0 Å². The van der Waals surface area contributed by atoms with Crippen molar-refractivity contribution < 1.29 is 9.53 Å². The van der Waals surface area contributed by atoms with Crippen LogP contribution in [0, 0.1) is 0 Å². The van der Waals surface area contributed by atoms with Crippen molar-refractivity contribution in [1.29, 1.82) is 0 Å². The van der Waals surface area contributed by atoms with E-state index in [1.807, 2.05) is 19.1 Å². The van der Waals surface area contributed by atoms with Gasteiger partial charge in [0.1, 0.15) is 6.10 Å². The first kappa shape index (κ1) is 14.5. The molecule has 2 amide bonds. The molecule has 1 aliphatic heterocycles. The minimum Gasteiger partial charge on any atom is -0.371 e. The van der Waals surface area contributed by atoms with E-state index >= 15 is 0 Å². The second kappa shape index (κ2) is 7.05. The van der Waals surface area contributed by atoms with Crippen molar-refractivity contribution in [3.05, 3.63) is 42.2 Å². The molecule has 2 N–H and O–H groups in total. The molecule has 2 heterocycles. The Labute approximate surface area is 119 Å². The summed E-state index contributed by atoms with van der Waals surface area (Å²) in [4.78, 5) is 15.9. The van der Waals surface area contributed by atoms with Gasteiger partial charge in [-0.2, -0.15) is 0 Å². The van der Waals surface area contributed by atoms with Crippen LogP contribution in [0.1, 0.15) is 31.4 Å². The highest BCUT2D eigenvalue weighted by Gasteiger charge is 2.28. The van der Waals surface area contributed by atoms with Crippen molar-refractivity contribution in [3.63, 3.8) is 0 Å². The first-order valence-corrected chi connectivity index (χ1v) is 6.87. The van der Waals surface area contributed by atoms with Crippen molar-refractivity contribution in [2.24, 2.45) is 0 Å². The van der Waals surface area contributed by atoms with Crippen LogP contribution in [0.25, 0.3) is 0 Å². The normalized spacial score (nSPS) is 22.1. The number of hydrogen-bond donors (Lipinski definition) is 2. The summed E-state index contributed by atoms with van der Waals surface area (Å²) >= 11 is 0. The number of nitrogens with one attached hydrogen (secondary N) is 2. The largest absolute Gasteiger partial charge is 0.371 e. The second-order valence-electron chi connectivity index (χ2n) is 5.10. The quantitative estimate of drug-likeness (QED) is 0.828. The fourth-order valence-electron chi connectivity index (χ4n) is 2.26. The number of ether oxygens (including phenoxy) is 1. The Morgan fingerprint density at radius 3 is 2.95 bits per heavy atom. The summed E-state index contributed by atoms with van der Waals surface area (Å²) in [6.45, 7) is 6.85. The fourth-order valence-corrected chi connectivity index (χ4v) is 2.26. The molecule has 5 heteroatoms. The number of amides is 2. The van der Waals surface area contributed by atoms with Crippen LogP contribution in [0.3, 0.4) is 0 Å². The summed E-state index contributed by atoms with van der Waals surface area (Å²) in [6.07, 6.45) is 5.24. The molecule has 0 aromatic carbocycles. The molecule has 1 aromatic rings. The average molecular weight is 275 g/mol. The van der Waals surface area contributed by atoms with Crippen LogP contribution < -0.4 is 10.6 Å². The number of carbonyl (C=O) groups excluding carboxylic acids is 1. The molecule has 1 aliphatic rings. The van der Waals surface area contributed by atoms with Crippen molar-refractivity contribution in [1.82, 2.24) is 15.6 Å². The van der Waals surface area contributed by atoms with Crippen LogP contribution in [-0.2, 0) is 4.74 Å². The van der Waals surface area contributed by atoms with Crippen LogP contribution >= 0.6 is 0 Å². The molecule has 1 saturated heterocycles. The van der Waals surface area contributed by atoms with Crippen molar-refractivity contribution in [2.75, 3.05) is 13.2 Å². The van der Waals surface area contributed by atoms with Gasteiger partial charge in [0.25, 0.3) is 0 Å². The number of rotatable bonds is 4. The Balaban J connectivity index is 1.97. The third-order valence-corrected chi connectivity index (χ3v) is 3.22. The van der Waals surface area contributed by atoms with E-state index in [0.29, 0.717) is 6.54 Å². The van der Waals surface area contributed by atoms with Crippen LogP contribution in [-0.4, -0.2) is 30.2 Å². The molecule has 0 bridgehead atoms. The van der Waals surface area contributed by atoms with Crippen molar-refractivity contribution in [3.8, 4) is 0 Å². The van der Waals surface area contributed by atoms with Crippen LogP contribution in [0.5, 0.6) is 0 Å². The molecule has 108 valence electrons. The Kier molecular flexibility index (Phi) is 5.12. The van der Waals surface area contributed by atoms with Gasteiger partial charge in [0.15, 0.2) is 0 Å². The Morgan fingerprint density at radius 2 is 2.25 bits per heavy atom. The molecule has 2 atom stereocenters. The fraction of sp³-hybridized carbons (Fsp3) is 0.467. The Bertz CT molecular complexity index is 461. The van der Waals surface area contributed by atoms with Gasteiger partial charge < -0.3 is 15.4 Å². The minimum absolute atomic E-state index is 0.0173. The number of nitrogens with zero attached hydrogens (tertiary/aromatic N) is 1. The molecule has 0 aliphatic carbocycles. The maximum Gasteiger partial charge on any atom is 0.315 e.